The molecule has 0 bridgehead atoms. The van der Waals surface area contributed by atoms with Crippen molar-refractivity contribution in [1.29, 1.82) is 0 Å². The Morgan fingerprint density at radius 3 is 0.966 bits per heavy atom. The van der Waals surface area contributed by atoms with Crippen molar-refractivity contribution >= 4 is 0 Å². The van der Waals surface area contributed by atoms with Gasteiger partial charge in [-0.05, 0) is 25.8 Å². The summed E-state index contributed by atoms with van der Waals surface area (Å²) in [6.45, 7) is 5.32. The summed E-state index contributed by atoms with van der Waals surface area (Å²) in [5.41, 5.74) is 12.6. The number of nitrogens with two attached hydrogens (primary N) is 2. The predicted octanol–water partition coefficient (Wildman–Crippen LogP) is 8.65. The van der Waals surface area contributed by atoms with Crippen molar-refractivity contribution in [3.8, 4) is 0 Å². The lowest BCUT2D eigenvalue weighted by atomic mass is 9.84. The molecule has 0 spiro atoms. The highest BCUT2D eigenvalue weighted by molar-refractivity contribution is 4.84. The summed E-state index contributed by atoms with van der Waals surface area (Å²) in [7, 11) is 0. The van der Waals surface area contributed by atoms with E-state index in [1.165, 1.54) is 141 Å². The molecule has 2 nitrogen and oxygen atoms in total. The molecular weight excluding hydrogens is 352 g/mol. The fraction of sp³-hybridized carbons (Fsp3) is 1.00. The molecule has 4 N–H and O–H groups in total. The monoisotopic (exact) mass is 410 g/mol. The zero-order valence-corrected chi connectivity index (χ0v) is 20.6. The average Bonchev–Trinajstić information content (AvgIpc) is 2.71. The molecule has 0 amide bonds. The molecule has 0 rings (SSSR count). The highest BCUT2D eigenvalue weighted by Gasteiger charge is 2.22. The summed E-state index contributed by atoms with van der Waals surface area (Å²) in [5.74, 6) is 0. The normalized spacial score (nSPS) is 12.0. The van der Waals surface area contributed by atoms with E-state index in [1.54, 1.807) is 0 Å². The van der Waals surface area contributed by atoms with Crippen LogP contribution < -0.4 is 11.5 Å². The summed E-state index contributed by atoms with van der Waals surface area (Å²) in [4.78, 5) is 0. The maximum atomic E-state index is 6.75. The van der Waals surface area contributed by atoms with Crippen LogP contribution in [0.3, 0.4) is 0 Å². The molecule has 0 aromatic carbocycles. The summed E-state index contributed by atoms with van der Waals surface area (Å²) >= 11 is 0. The van der Waals surface area contributed by atoms with Crippen LogP contribution in [-0.2, 0) is 0 Å². The minimum Gasteiger partial charge on any atom is -0.330 e. The first-order valence-corrected chi connectivity index (χ1v) is 13.7. The van der Waals surface area contributed by atoms with Crippen molar-refractivity contribution in [1.82, 2.24) is 0 Å². The molecule has 0 heterocycles. The third kappa shape index (κ3) is 21.0. The van der Waals surface area contributed by atoms with E-state index in [0.717, 1.165) is 13.0 Å². The van der Waals surface area contributed by atoms with E-state index in [4.69, 9.17) is 11.5 Å². The molecule has 2 heteroatoms. The van der Waals surface area contributed by atoms with Crippen molar-refractivity contribution in [2.75, 3.05) is 6.54 Å². The number of unbranched alkanes of at least 4 members (excludes halogenated alkanes) is 18. The second-order valence-electron chi connectivity index (χ2n) is 9.77. The van der Waals surface area contributed by atoms with E-state index in [-0.39, 0.29) is 5.54 Å². The first-order chi connectivity index (χ1) is 14.2. The van der Waals surface area contributed by atoms with Gasteiger partial charge in [-0.25, -0.2) is 0 Å². The van der Waals surface area contributed by atoms with Crippen LogP contribution in [0.5, 0.6) is 0 Å². The Kier molecular flexibility index (Phi) is 22.5. The van der Waals surface area contributed by atoms with E-state index >= 15 is 0 Å². The predicted molar refractivity (Wildman–Crippen MR) is 134 cm³/mol. The maximum Gasteiger partial charge on any atom is 0.0166 e. The molecular formula is C27H58N2. The Balaban J connectivity index is 3.61. The van der Waals surface area contributed by atoms with Gasteiger partial charge in [-0.3, -0.25) is 0 Å². The van der Waals surface area contributed by atoms with E-state index in [9.17, 15) is 0 Å². The standard InChI is InChI=1S/C27H58N2/c1-3-5-7-9-11-13-15-17-19-21-23-27(29,25-26-28)24-22-20-18-16-14-12-10-8-6-4-2/h3-26,28-29H2,1-2H3. The van der Waals surface area contributed by atoms with Crippen molar-refractivity contribution in [3.05, 3.63) is 0 Å². The molecule has 0 saturated carbocycles. The van der Waals surface area contributed by atoms with E-state index < -0.39 is 0 Å². The van der Waals surface area contributed by atoms with Gasteiger partial charge in [0.2, 0.25) is 0 Å². The van der Waals surface area contributed by atoms with Crippen molar-refractivity contribution < 1.29 is 0 Å². The Hall–Kier alpha value is -0.0800. The van der Waals surface area contributed by atoms with Crippen LogP contribution >= 0.6 is 0 Å². The van der Waals surface area contributed by atoms with Gasteiger partial charge in [-0.15, -0.1) is 0 Å². The average molecular weight is 411 g/mol. The molecule has 0 atom stereocenters. The van der Waals surface area contributed by atoms with Crippen LogP contribution in [0.15, 0.2) is 0 Å². The van der Waals surface area contributed by atoms with Gasteiger partial charge in [0.05, 0.1) is 0 Å². The lowest BCUT2D eigenvalue weighted by Gasteiger charge is -2.29. The number of hydrogen-bond donors (Lipinski definition) is 2. The third-order valence-corrected chi connectivity index (χ3v) is 6.70. The Morgan fingerprint density at radius 1 is 0.414 bits per heavy atom. The van der Waals surface area contributed by atoms with Gasteiger partial charge in [0.1, 0.15) is 0 Å². The van der Waals surface area contributed by atoms with Crippen molar-refractivity contribution in [2.45, 2.75) is 167 Å². The summed E-state index contributed by atoms with van der Waals surface area (Å²) < 4.78 is 0. The molecule has 0 aliphatic rings. The number of hydrogen-bond acceptors (Lipinski definition) is 2. The second kappa shape index (κ2) is 22.6. The summed E-state index contributed by atoms with van der Waals surface area (Å²) in [5, 5.41) is 0. The van der Waals surface area contributed by atoms with E-state index in [2.05, 4.69) is 13.8 Å². The van der Waals surface area contributed by atoms with Crippen LogP contribution in [0, 0.1) is 0 Å². The van der Waals surface area contributed by atoms with Gasteiger partial charge >= 0.3 is 0 Å². The van der Waals surface area contributed by atoms with Gasteiger partial charge in [-0.2, -0.15) is 0 Å². The molecule has 0 aliphatic heterocycles. The fourth-order valence-electron chi connectivity index (χ4n) is 4.59. The molecule has 29 heavy (non-hydrogen) atoms. The van der Waals surface area contributed by atoms with Crippen LogP contribution in [0.2, 0.25) is 0 Å². The lowest BCUT2D eigenvalue weighted by Crippen LogP contribution is -2.41. The van der Waals surface area contributed by atoms with Gasteiger partial charge in [0.25, 0.3) is 0 Å². The largest absolute Gasteiger partial charge is 0.330 e. The zero-order valence-electron chi connectivity index (χ0n) is 20.6. The second-order valence-corrected chi connectivity index (χ2v) is 9.77. The molecule has 0 aromatic heterocycles. The highest BCUT2D eigenvalue weighted by Crippen LogP contribution is 2.24. The maximum absolute atomic E-state index is 6.75. The van der Waals surface area contributed by atoms with Crippen molar-refractivity contribution in [3.63, 3.8) is 0 Å². The highest BCUT2D eigenvalue weighted by atomic mass is 14.7. The minimum absolute atomic E-state index is 0.00898. The van der Waals surface area contributed by atoms with E-state index in [0.29, 0.717) is 0 Å². The quantitative estimate of drug-likeness (QED) is 0.156. The van der Waals surface area contributed by atoms with Gasteiger partial charge in [0.15, 0.2) is 0 Å². The molecule has 0 radical (unpaired) electrons. The van der Waals surface area contributed by atoms with Gasteiger partial charge in [0, 0.05) is 5.54 Å². The summed E-state index contributed by atoms with van der Waals surface area (Å²) in [6.07, 6.45) is 31.3. The smallest absolute Gasteiger partial charge is 0.0166 e. The summed E-state index contributed by atoms with van der Waals surface area (Å²) in [6, 6.07) is 0. The Morgan fingerprint density at radius 2 is 0.690 bits per heavy atom. The van der Waals surface area contributed by atoms with Gasteiger partial charge in [-0.1, -0.05) is 142 Å². The van der Waals surface area contributed by atoms with Crippen LogP contribution in [-0.4, -0.2) is 12.1 Å². The topological polar surface area (TPSA) is 52.0 Å². The fourth-order valence-corrected chi connectivity index (χ4v) is 4.59. The zero-order chi connectivity index (χ0) is 21.5. The van der Waals surface area contributed by atoms with Crippen LogP contribution in [0.25, 0.3) is 0 Å². The van der Waals surface area contributed by atoms with Crippen LogP contribution in [0.1, 0.15) is 162 Å². The molecule has 0 aromatic rings. The first kappa shape index (κ1) is 28.9. The molecule has 176 valence electrons. The molecule has 0 fully saturated rings. The Labute approximate surface area is 185 Å². The SMILES string of the molecule is CCCCCCCCCCCCC(N)(CCN)CCCCCCCCCCCC. The molecule has 0 aliphatic carbocycles. The molecule has 0 saturated heterocycles. The third-order valence-electron chi connectivity index (χ3n) is 6.70. The number of rotatable bonds is 24. The molecule has 0 unspecified atom stereocenters. The first-order valence-electron chi connectivity index (χ1n) is 13.7. The van der Waals surface area contributed by atoms with Crippen LogP contribution in [0.4, 0.5) is 0 Å². The van der Waals surface area contributed by atoms with Gasteiger partial charge < -0.3 is 11.5 Å². The van der Waals surface area contributed by atoms with E-state index in [1.807, 2.05) is 0 Å². The minimum atomic E-state index is 0.00898. The Bertz CT molecular complexity index is 279. The van der Waals surface area contributed by atoms with Crippen molar-refractivity contribution in [2.24, 2.45) is 11.5 Å². The lowest BCUT2D eigenvalue weighted by molar-refractivity contribution is 0.317.